The molecule has 27 heavy (non-hydrogen) atoms. The summed E-state index contributed by atoms with van der Waals surface area (Å²) in [6.45, 7) is 3.34. The molecule has 1 saturated heterocycles. The van der Waals surface area contributed by atoms with Crippen molar-refractivity contribution in [1.82, 2.24) is 5.32 Å². The van der Waals surface area contributed by atoms with Crippen molar-refractivity contribution in [2.75, 3.05) is 12.8 Å². The molecule has 8 heteroatoms. The van der Waals surface area contributed by atoms with E-state index in [1.165, 1.54) is 25.6 Å². The van der Waals surface area contributed by atoms with E-state index in [-0.39, 0.29) is 11.5 Å². The number of nitrogens with one attached hydrogen (secondary N) is 1. The number of benzene rings is 1. The fourth-order valence-electron chi connectivity index (χ4n) is 3.45. The zero-order valence-corrected chi connectivity index (χ0v) is 16.1. The molecule has 2 N–H and O–H groups in total. The minimum Gasteiger partial charge on any atom is -0.465 e. The monoisotopic (exact) mass is 391 g/mol. The first-order valence-corrected chi connectivity index (χ1v) is 9.79. The maximum Gasteiger partial charge on any atom is 0.404 e. The molecular weight excluding hydrogens is 370 g/mol. The predicted molar refractivity (Wildman–Crippen MR) is 100 cm³/mol. The van der Waals surface area contributed by atoms with Gasteiger partial charge in [-0.25, -0.2) is 14.4 Å². The van der Waals surface area contributed by atoms with Gasteiger partial charge < -0.3 is 19.9 Å². The number of esters is 2. The van der Waals surface area contributed by atoms with Gasteiger partial charge in [-0.2, -0.15) is 0 Å². The third-order valence-electron chi connectivity index (χ3n) is 4.63. The number of hydrogen-bond acceptors (Lipinski definition) is 6. The minimum absolute atomic E-state index is 0.0633. The molecule has 0 spiro atoms. The zero-order valence-electron chi connectivity index (χ0n) is 15.3. The third kappa shape index (κ3) is 3.95. The number of fused-ring (bicyclic) bond motifs is 1. The van der Waals surface area contributed by atoms with Crippen LogP contribution in [0.1, 0.15) is 42.9 Å². The number of ether oxygens (including phenoxy) is 2. The maximum atomic E-state index is 12.4. The maximum absolute atomic E-state index is 12.4. The van der Waals surface area contributed by atoms with E-state index in [1.807, 2.05) is 18.2 Å². The van der Waals surface area contributed by atoms with Crippen LogP contribution in [0.2, 0.25) is 0 Å². The molecule has 1 atom stereocenters. The largest absolute Gasteiger partial charge is 0.465 e. The van der Waals surface area contributed by atoms with Crippen molar-refractivity contribution in [3.63, 3.8) is 0 Å². The topological polar surface area (TPSA) is 102 Å². The van der Waals surface area contributed by atoms with Gasteiger partial charge in [0.15, 0.2) is 5.57 Å². The van der Waals surface area contributed by atoms with E-state index in [9.17, 15) is 14.4 Å². The Morgan fingerprint density at radius 2 is 1.96 bits per heavy atom. The predicted octanol–water partition coefficient (Wildman–Crippen LogP) is 2.89. The Labute approximate surface area is 161 Å². The first-order valence-electron chi connectivity index (χ1n) is 8.57. The van der Waals surface area contributed by atoms with Crippen molar-refractivity contribution in [3.8, 4) is 0 Å². The van der Waals surface area contributed by atoms with E-state index in [4.69, 9.17) is 14.6 Å². The van der Waals surface area contributed by atoms with Crippen molar-refractivity contribution < 1.29 is 29.0 Å². The summed E-state index contributed by atoms with van der Waals surface area (Å²) < 4.78 is 10.4. The second-order valence-electron chi connectivity index (χ2n) is 6.92. The molecule has 0 aromatic heterocycles. The molecule has 1 unspecified atom stereocenters. The van der Waals surface area contributed by atoms with Crippen LogP contribution < -0.4 is 5.32 Å². The third-order valence-corrected chi connectivity index (χ3v) is 5.47. The van der Waals surface area contributed by atoms with E-state index in [0.29, 0.717) is 17.0 Å². The number of cyclic esters (lactones) is 2. The number of thioether (sulfide) groups is 1. The number of rotatable bonds is 4. The first kappa shape index (κ1) is 19.3. The average molecular weight is 391 g/mol. The highest BCUT2D eigenvalue weighted by Gasteiger charge is 2.41. The Morgan fingerprint density at radius 1 is 1.30 bits per heavy atom. The average Bonchev–Trinajstić information content (AvgIpc) is 2.97. The van der Waals surface area contributed by atoms with E-state index in [2.05, 4.69) is 5.32 Å². The van der Waals surface area contributed by atoms with Gasteiger partial charge in [0, 0.05) is 31.2 Å². The van der Waals surface area contributed by atoms with Crippen LogP contribution in [0.5, 0.6) is 0 Å². The molecule has 1 amide bonds. The van der Waals surface area contributed by atoms with Crippen LogP contribution >= 0.6 is 11.8 Å². The van der Waals surface area contributed by atoms with Gasteiger partial charge in [0.05, 0.1) is 0 Å². The van der Waals surface area contributed by atoms with Crippen LogP contribution in [-0.2, 0) is 25.5 Å². The second kappa shape index (κ2) is 7.26. The standard InChI is InChI=1S/C19H21NO6S/c1-19(2)25-16(21)14(17(22)26-19)15(27-3)11-6-4-10-5-7-12(13(10)8-11)9-20-18(23)24/h4,6,8,12,20H,5,7,9H2,1-3H3,(H,23,24). The highest BCUT2D eigenvalue weighted by molar-refractivity contribution is 8.07. The smallest absolute Gasteiger partial charge is 0.404 e. The van der Waals surface area contributed by atoms with Crippen molar-refractivity contribution in [2.45, 2.75) is 38.4 Å². The summed E-state index contributed by atoms with van der Waals surface area (Å²) in [4.78, 5) is 36.1. The van der Waals surface area contributed by atoms with Gasteiger partial charge in [-0.05, 0) is 41.9 Å². The fraction of sp³-hybridized carbons (Fsp3) is 0.421. The molecule has 1 aliphatic heterocycles. The van der Waals surface area contributed by atoms with Gasteiger partial charge in [-0.1, -0.05) is 12.1 Å². The lowest BCUT2D eigenvalue weighted by molar-refractivity contribution is -0.222. The normalized spacial score (nSPS) is 20.6. The highest BCUT2D eigenvalue weighted by Crippen LogP contribution is 2.39. The number of hydrogen-bond donors (Lipinski definition) is 2. The molecule has 1 aromatic carbocycles. The summed E-state index contributed by atoms with van der Waals surface area (Å²) in [5.74, 6) is -2.63. The van der Waals surface area contributed by atoms with Crippen LogP contribution in [0.3, 0.4) is 0 Å². The summed E-state index contributed by atoms with van der Waals surface area (Å²) in [7, 11) is 0. The van der Waals surface area contributed by atoms with Crippen molar-refractivity contribution in [3.05, 3.63) is 40.5 Å². The molecule has 3 rings (SSSR count). The molecule has 1 aromatic rings. The minimum atomic E-state index is -1.29. The van der Waals surface area contributed by atoms with Gasteiger partial charge in [-0.3, -0.25) is 0 Å². The summed E-state index contributed by atoms with van der Waals surface area (Å²) in [5.41, 5.74) is 2.79. The lowest BCUT2D eigenvalue weighted by Gasteiger charge is -2.30. The van der Waals surface area contributed by atoms with E-state index in [1.54, 1.807) is 6.26 Å². The number of amides is 1. The summed E-state index contributed by atoms with van der Waals surface area (Å²) in [5, 5.41) is 11.3. The molecule has 0 saturated carbocycles. The number of aryl methyl sites for hydroxylation is 1. The van der Waals surface area contributed by atoms with Crippen LogP contribution in [-0.4, -0.2) is 41.7 Å². The van der Waals surface area contributed by atoms with Gasteiger partial charge in [0.25, 0.3) is 5.79 Å². The summed E-state index contributed by atoms with van der Waals surface area (Å²) in [6.07, 6.45) is 2.44. The van der Waals surface area contributed by atoms with E-state index < -0.39 is 23.8 Å². The van der Waals surface area contributed by atoms with Gasteiger partial charge in [0.2, 0.25) is 0 Å². The lowest BCUT2D eigenvalue weighted by Crippen LogP contribution is -2.42. The Bertz CT molecular complexity index is 823. The number of carbonyl (C=O) groups is 3. The molecule has 7 nitrogen and oxygen atoms in total. The Hall–Kier alpha value is -2.48. The zero-order chi connectivity index (χ0) is 19.8. The first-order chi connectivity index (χ1) is 12.7. The molecule has 0 radical (unpaired) electrons. The van der Waals surface area contributed by atoms with Crippen molar-refractivity contribution in [2.24, 2.45) is 0 Å². The molecule has 2 aliphatic rings. The molecule has 0 bridgehead atoms. The van der Waals surface area contributed by atoms with E-state index >= 15 is 0 Å². The number of carboxylic acid groups (broad SMARTS) is 1. The Morgan fingerprint density at radius 3 is 2.56 bits per heavy atom. The molecule has 144 valence electrons. The number of carbonyl (C=O) groups excluding carboxylic acids is 2. The lowest BCUT2D eigenvalue weighted by atomic mass is 9.98. The molecule has 1 fully saturated rings. The van der Waals surface area contributed by atoms with Crippen LogP contribution in [0.25, 0.3) is 4.91 Å². The Balaban J connectivity index is 1.98. The van der Waals surface area contributed by atoms with Crippen molar-refractivity contribution in [1.29, 1.82) is 0 Å². The van der Waals surface area contributed by atoms with Crippen molar-refractivity contribution >= 4 is 34.7 Å². The summed E-state index contributed by atoms with van der Waals surface area (Å²) in [6, 6.07) is 5.76. The van der Waals surface area contributed by atoms with Gasteiger partial charge in [0.1, 0.15) is 0 Å². The molecule has 1 aliphatic carbocycles. The second-order valence-corrected chi connectivity index (χ2v) is 7.74. The molecular formula is C19H21NO6S. The van der Waals surface area contributed by atoms with Crippen LogP contribution in [0, 0.1) is 0 Å². The molecule has 1 heterocycles. The quantitative estimate of drug-likeness (QED) is 0.462. The highest BCUT2D eigenvalue weighted by atomic mass is 32.2. The van der Waals surface area contributed by atoms with Crippen LogP contribution in [0.4, 0.5) is 4.79 Å². The fourth-order valence-corrected chi connectivity index (χ4v) is 4.19. The van der Waals surface area contributed by atoms with Gasteiger partial charge >= 0.3 is 18.0 Å². The van der Waals surface area contributed by atoms with Crippen LogP contribution in [0.15, 0.2) is 23.8 Å². The van der Waals surface area contributed by atoms with E-state index in [0.717, 1.165) is 24.0 Å². The Kier molecular flexibility index (Phi) is 5.19. The SMILES string of the molecule is CSC(=C1C(=O)OC(C)(C)OC1=O)c1ccc2c(c1)C(CNC(=O)O)CC2. The van der Waals surface area contributed by atoms with Gasteiger partial charge in [-0.15, -0.1) is 11.8 Å². The summed E-state index contributed by atoms with van der Waals surface area (Å²) >= 11 is 1.27.